The van der Waals surface area contributed by atoms with E-state index < -0.39 is 0 Å². The number of hydrogen-bond donors (Lipinski definition) is 1. The van der Waals surface area contributed by atoms with Crippen LogP contribution in [-0.2, 0) is 9.59 Å². The first-order chi connectivity index (χ1) is 10.6. The number of ether oxygens (including phenoxy) is 1. The standard InChI is InChI=1S/C17H26N2O3/c1-4-7-11-16(20)18-14-9-8-10-15(12-14)22-13-17(21)19(5-2)6-3/h8-10,12H,4-7,11,13H2,1-3H3,(H,18,20). The maximum atomic E-state index is 11.9. The van der Waals surface area contributed by atoms with Crippen molar-refractivity contribution < 1.29 is 14.3 Å². The van der Waals surface area contributed by atoms with Crippen LogP contribution in [0.25, 0.3) is 0 Å². The summed E-state index contributed by atoms with van der Waals surface area (Å²) in [6, 6.07) is 7.12. The Morgan fingerprint density at radius 2 is 1.91 bits per heavy atom. The summed E-state index contributed by atoms with van der Waals surface area (Å²) in [5.74, 6) is 0.536. The zero-order chi connectivity index (χ0) is 16.4. The van der Waals surface area contributed by atoms with Gasteiger partial charge in [-0.15, -0.1) is 0 Å². The fourth-order valence-electron chi connectivity index (χ4n) is 2.04. The number of hydrogen-bond acceptors (Lipinski definition) is 3. The number of carbonyl (C=O) groups is 2. The Morgan fingerprint density at radius 3 is 2.55 bits per heavy atom. The van der Waals surface area contributed by atoms with Gasteiger partial charge >= 0.3 is 0 Å². The second-order valence-corrected chi connectivity index (χ2v) is 5.03. The summed E-state index contributed by atoms with van der Waals surface area (Å²) in [4.78, 5) is 25.3. The lowest BCUT2D eigenvalue weighted by Crippen LogP contribution is -2.34. The lowest BCUT2D eigenvalue weighted by Gasteiger charge is -2.18. The fourth-order valence-corrected chi connectivity index (χ4v) is 2.04. The Labute approximate surface area is 132 Å². The predicted octanol–water partition coefficient (Wildman–Crippen LogP) is 3.06. The third-order valence-electron chi connectivity index (χ3n) is 3.35. The van der Waals surface area contributed by atoms with Crippen molar-refractivity contribution >= 4 is 17.5 Å². The van der Waals surface area contributed by atoms with Crippen LogP contribution in [-0.4, -0.2) is 36.4 Å². The Bertz CT molecular complexity index is 485. The molecule has 5 nitrogen and oxygen atoms in total. The van der Waals surface area contributed by atoms with Crippen molar-refractivity contribution in [1.82, 2.24) is 4.90 Å². The van der Waals surface area contributed by atoms with Crippen LogP contribution in [0.1, 0.15) is 40.0 Å². The predicted molar refractivity (Wildman–Crippen MR) is 88.0 cm³/mol. The van der Waals surface area contributed by atoms with Gasteiger partial charge in [-0.2, -0.15) is 0 Å². The van der Waals surface area contributed by atoms with E-state index in [1.54, 1.807) is 23.1 Å². The van der Waals surface area contributed by atoms with Gasteiger partial charge < -0.3 is 15.0 Å². The van der Waals surface area contributed by atoms with Crippen molar-refractivity contribution in [3.05, 3.63) is 24.3 Å². The fraction of sp³-hybridized carbons (Fsp3) is 0.529. The van der Waals surface area contributed by atoms with Crippen LogP contribution < -0.4 is 10.1 Å². The van der Waals surface area contributed by atoms with Crippen molar-refractivity contribution in [3.8, 4) is 5.75 Å². The van der Waals surface area contributed by atoms with Gasteiger partial charge in [-0.25, -0.2) is 0 Å². The van der Waals surface area contributed by atoms with E-state index in [-0.39, 0.29) is 18.4 Å². The molecular formula is C17H26N2O3. The van der Waals surface area contributed by atoms with E-state index in [1.165, 1.54) is 0 Å². The number of nitrogens with one attached hydrogen (secondary N) is 1. The van der Waals surface area contributed by atoms with Gasteiger partial charge in [-0.05, 0) is 32.4 Å². The minimum Gasteiger partial charge on any atom is -0.484 e. The first-order valence-corrected chi connectivity index (χ1v) is 7.91. The summed E-state index contributed by atoms with van der Waals surface area (Å²) in [6.45, 7) is 7.28. The van der Waals surface area contributed by atoms with E-state index >= 15 is 0 Å². The average molecular weight is 306 g/mol. The highest BCUT2D eigenvalue weighted by atomic mass is 16.5. The van der Waals surface area contributed by atoms with E-state index in [2.05, 4.69) is 12.2 Å². The molecule has 0 aromatic heterocycles. The summed E-state index contributed by atoms with van der Waals surface area (Å²) < 4.78 is 5.51. The van der Waals surface area contributed by atoms with Crippen LogP contribution in [0, 0.1) is 0 Å². The Kier molecular flexibility index (Phi) is 8.04. The SMILES string of the molecule is CCCCC(=O)Nc1cccc(OCC(=O)N(CC)CC)c1. The number of rotatable bonds is 9. The average Bonchev–Trinajstić information content (AvgIpc) is 2.52. The van der Waals surface area contributed by atoms with Gasteiger partial charge in [0.1, 0.15) is 5.75 Å². The minimum atomic E-state index is -0.0395. The van der Waals surface area contributed by atoms with E-state index in [9.17, 15) is 9.59 Å². The van der Waals surface area contributed by atoms with Crippen molar-refractivity contribution in [3.63, 3.8) is 0 Å². The topological polar surface area (TPSA) is 58.6 Å². The molecule has 0 aliphatic rings. The monoisotopic (exact) mass is 306 g/mol. The van der Waals surface area contributed by atoms with Gasteiger partial charge in [0.05, 0.1) is 0 Å². The highest BCUT2D eigenvalue weighted by molar-refractivity contribution is 5.90. The first-order valence-electron chi connectivity index (χ1n) is 7.91. The maximum Gasteiger partial charge on any atom is 0.260 e. The molecule has 0 spiro atoms. The van der Waals surface area contributed by atoms with Crippen molar-refractivity contribution in [2.75, 3.05) is 25.0 Å². The van der Waals surface area contributed by atoms with Crippen LogP contribution in [0.2, 0.25) is 0 Å². The van der Waals surface area contributed by atoms with E-state index in [4.69, 9.17) is 4.74 Å². The highest BCUT2D eigenvalue weighted by Crippen LogP contribution is 2.18. The number of benzene rings is 1. The third-order valence-corrected chi connectivity index (χ3v) is 3.35. The molecule has 2 amide bonds. The van der Waals surface area contributed by atoms with Crippen LogP contribution in [0.4, 0.5) is 5.69 Å². The molecule has 1 aromatic carbocycles. The number of amides is 2. The number of carbonyl (C=O) groups excluding carboxylic acids is 2. The molecule has 0 aliphatic heterocycles. The molecule has 0 unspecified atom stereocenters. The lowest BCUT2D eigenvalue weighted by molar-refractivity contribution is -0.133. The van der Waals surface area contributed by atoms with Gasteiger partial charge in [0.15, 0.2) is 6.61 Å². The Hall–Kier alpha value is -2.04. The minimum absolute atomic E-state index is 0.00165. The molecule has 0 fully saturated rings. The molecule has 22 heavy (non-hydrogen) atoms. The second kappa shape index (κ2) is 9.82. The maximum absolute atomic E-state index is 11.9. The lowest BCUT2D eigenvalue weighted by atomic mass is 10.2. The molecule has 0 bridgehead atoms. The van der Waals surface area contributed by atoms with Gasteiger partial charge in [-0.1, -0.05) is 19.4 Å². The van der Waals surface area contributed by atoms with Crippen LogP contribution in [0.5, 0.6) is 5.75 Å². The normalized spacial score (nSPS) is 10.1. The molecule has 0 aliphatic carbocycles. The summed E-state index contributed by atoms with van der Waals surface area (Å²) >= 11 is 0. The molecule has 0 radical (unpaired) electrons. The van der Waals surface area contributed by atoms with Gasteiger partial charge in [0.25, 0.3) is 5.91 Å². The number of anilines is 1. The molecule has 0 saturated heterocycles. The Morgan fingerprint density at radius 1 is 1.18 bits per heavy atom. The molecule has 5 heteroatoms. The quantitative estimate of drug-likeness (QED) is 0.763. The van der Waals surface area contributed by atoms with Crippen molar-refractivity contribution in [1.29, 1.82) is 0 Å². The summed E-state index contributed by atoms with van der Waals surface area (Å²) in [5, 5.41) is 2.84. The van der Waals surface area contributed by atoms with E-state index in [0.29, 0.717) is 30.9 Å². The molecule has 1 rings (SSSR count). The van der Waals surface area contributed by atoms with Crippen molar-refractivity contribution in [2.45, 2.75) is 40.0 Å². The number of likely N-dealkylation sites (N-methyl/N-ethyl adjacent to an activating group) is 1. The van der Waals surface area contributed by atoms with Crippen LogP contribution >= 0.6 is 0 Å². The van der Waals surface area contributed by atoms with Gasteiger partial charge in [0, 0.05) is 31.3 Å². The molecule has 1 N–H and O–H groups in total. The highest BCUT2D eigenvalue weighted by Gasteiger charge is 2.10. The zero-order valence-electron chi connectivity index (χ0n) is 13.7. The smallest absolute Gasteiger partial charge is 0.260 e. The first kappa shape index (κ1) is 18.0. The number of unbranched alkanes of at least 4 members (excludes halogenated alkanes) is 1. The molecule has 122 valence electrons. The van der Waals surface area contributed by atoms with Gasteiger partial charge in [-0.3, -0.25) is 9.59 Å². The third kappa shape index (κ3) is 6.16. The largest absolute Gasteiger partial charge is 0.484 e. The molecule has 0 atom stereocenters. The molecular weight excluding hydrogens is 280 g/mol. The second-order valence-electron chi connectivity index (χ2n) is 5.03. The van der Waals surface area contributed by atoms with Crippen LogP contribution in [0.15, 0.2) is 24.3 Å². The number of nitrogens with zero attached hydrogens (tertiary/aromatic N) is 1. The van der Waals surface area contributed by atoms with E-state index in [1.807, 2.05) is 19.9 Å². The van der Waals surface area contributed by atoms with Gasteiger partial charge in [0.2, 0.25) is 5.91 Å². The van der Waals surface area contributed by atoms with Crippen LogP contribution in [0.3, 0.4) is 0 Å². The Balaban J connectivity index is 2.53. The molecule has 1 aromatic rings. The van der Waals surface area contributed by atoms with E-state index in [0.717, 1.165) is 12.8 Å². The summed E-state index contributed by atoms with van der Waals surface area (Å²) in [6.07, 6.45) is 2.38. The zero-order valence-corrected chi connectivity index (χ0v) is 13.7. The van der Waals surface area contributed by atoms with Crippen molar-refractivity contribution in [2.24, 2.45) is 0 Å². The summed E-state index contributed by atoms with van der Waals surface area (Å²) in [7, 11) is 0. The molecule has 0 heterocycles. The molecule has 0 saturated carbocycles. The summed E-state index contributed by atoms with van der Waals surface area (Å²) in [5.41, 5.74) is 0.689.